The first-order valence-electron chi connectivity index (χ1n) is 3.74. The van der Waals surface area contributed by atoms with Gasteiger partial charge in [-0.2, -0.15) is 0 Å². The predicted molar refractivity (Wildman–Crippen MR) is 43.0 cm³/mol. The van der Waals surface area contributed by atoms with Gasteiger partial charge in [0.1, 0.15) is 5.82 Å². The molecule has 1 aromatic heterocycles. The van der Waals surface area contributed by atoms with Crippen LogP contribution >= 0.6 is 0 Å². The van der Waals surface area contributed by atoms with Crippen LogP contribution in [0.25, 0.3) is 0 Å². The zero-order chi connectivity index (χ0) is 7.90. The Morgan fingerprint density at radius 1 is 1.73 bits per heavy atom. The van der Waals surface area contributed by atoms with Crippen molar-refractivity contribution in [3.05, 3.63) is 18.2 Å². The third-order valence-electron chi connectivity index (χ3n) is 2.28. The quantitative estimate of drug-likeness (QED) is 0.542. The van der Waals surface area contributed by atoms with E-state index in [1.54, 1.807) is 6.20 Å². The number of aryl methyl sites for hydroxylation is 1. The van der Waals surface area contributed by atoms with Gasteiger partial charge in [-0.15, -0.1) is 6.42 Å². The van der Waals surface area contributed by atoms with Crippen molar-refractivity contribution in [1.29, 1.82) is 0 Å². The van der Waals surface area contributed by atoms with Gasteiger partial charge in [0.2, 0.25) is 0 Å². The number of imidazole rings is 1. The van der Waals surface area contributed by atoms with Gasteiger partial charge in [0.15, 0.2) is 0 Å². The first-order valence-corrected chi connectivity index (χ1v) is 3.74. The summed E-state index contributed by atoms with van der Waals surface area (Å²) in [5, 5.41) is 0. The molecule has 0 N–H and O–H groups in total. The maximum atomic E-state index is 5.43. The highest BCUT2D eigenvalue weighted by Gasteiger charge is 2.45. The molecule has 2 rings (SSSR count). The van der Waals surface area contributed by atoms with E-state index in [4.69, 9.17) is 6.42 Å². The summed E-state index contributed by atoms with van der Waals surface area (Å²) >= 11 is 0. The lowest BCUT2D eigenvalue weighted by Gasteiger charge is -2.05. The lowest BCUT2D eigenvalue weighted by Crippen LogP contribution is -2.09. The number of hydrogen-bond acceptors (Lipinski definition) is 1. The fourth-order valence-electron chi connectivity index (χ4n) is 1.38. The number of rotatable bonds is 1. The molecule has 0 aliphatic heterocycles. The minimum atomic E-state index is -0.0156. The van der Waals surface area contributed by atoms with Gasteiger partial charge in [-0.25, -0.2) is 4.98 Å². The van der Waals surface area contributed by atoms with Crippen LogP contribution in [0.5, 0.6) is 0 Å². The van der Waals surface area contributed by atoms with Crippen molar-refractivity contribution >= 4 is 0 Å². The standard InChI is InChI=1S/C9H10N2/c1-3-9(4-5-9)8-10-6-7-11(8)2/h1,6-7H,4-5H2,2H3. The second-order valence-corrected chi connectivity index (χ2v) is 3.09. The van der Waals surface area contributed by atoms with Crippen molar-refractivity contribution in [2.45, 2.75) is 18.3 Å². The second kappa shape index (κ2) is 1.88. The van der Waals surface area contributed by atoms with E-state index in [-0.39, 0.29) is 5.41 Å². The minimum Gasteiger partial charge on any atom is -0.337 e. The van der Waals surface area contributed by atoms with E-state index in [0.717, 1.165) is 18.7 Å². The van der Waals surface area contributed by atoms with Gasteiger partial charge in [-0.3, -0.25) is 0 Å². The topological polar surface area (TPSA) is 17.8 Å². The molecule has 0 atom stereocenters. The highest BCUT2D eigenvalue weighted by molar-refractivity contribution is 5.32. The molecule has 1 heterocycles. The van der Waals surface area contributed by atoms with E-state index in [2.05, 4.69) is 10.9 Å². The molecule has 1 aliphatic rings. The van der Waals surface area contributed by atoms with Gasteiger partial charge in [-0.05, 0) is 12.8 Å². The molecule has 2 heteroatoms. The number of nitrogens with zero attached hydrogens (tertiary/aromatic N) is 2. The molecular weight excluding hydrogens is 136 g/mol. The van der Waals surface area contributed by atoms with Gasteiger partial charge < -0.3 is 4.57 Å². The molecule has 1 saturated carbocycles. The minimum absolute atomic E-state index is 0.0156. The van der Waals surface area contributed by atoms with Crippen LogP contribution in [-0.4, -0.2) is 9.55 Å². The maximum absolute atomic E-state index is 5.43. The van der Waals surface area contributed by atoms with E-state index >= 15 is 0 Å². The molecular formula is C9H10N2. The van der Waals surface area contributed by atoms with Crippen LogP contribution in [0.4, 0.5) is 0 Å². The van der Waals surface area contributed by atoms with E-state index in [0.29, 0.717) is 0 Å². The monoisotopic (exact) mass is 146 g/mol. The zero-order valence-corrected chi connectivity index (χ0v) is 6.54. The van der Waals surface area contributed by atoms with Crippen molar-refractivity contribution in [2.24, 2.45) is 7.05 Å². The average molecular weight is 146 g/mol. The van der Waals surface area contributed by atoms with Crippen molar-refractivity contribution < 1.29 is 0 Å². The first-order chi connectivity index (χ1) is 5.28. The Morgan fingerprint density at radius 3 is 2.82 bits per heavy atom. The van der Waals surface area contributed by atoms with Crippen LogP contribution in [0.3, 0.4) is 0 Å². The number of hydrogen-bond donors (Lipinski definition) is 0. The summed E-state index contributed by atoms with van der Waals surface area (Å²) in [5.41, 5.74) is -0.0156. The third kappa shape index (κ3) is 0.775. The molecule has 56 valence electrons. The van der Waals surface area contributed by atoms with Crippen LogP contribution in [0, 0.1) is 12.3 Å². The average Bonchev–Trinajstić information content (AvgIpc) is 2.70. The predicted octanol–water partition coefficient (Wildman–Crippen LogP) is 1.08. The largest absolute Gasteiger partial charge is 0.337 e. The van der Waals surface area contributed by atoms with Gasteiger partial charge in [0, 0.05) is 19.4 Å². The Kier molecular flexibility index (Phi) is 1.11. The Hall–Kier alpha value is -1.23. The van der Waals surface area contributed by atoms with Crippen LogP contribution in [0.1, 0.15) is 18.7 Å². The Bertz CT molecular complexity index is 313. The fraction of sp³-hybridized carbons (Fsp3) is 0.444. The molecule has 0 aromatic carbocycles. The van der Waals surface area contributed by atoms with Crippen molar-refractivity contribution in [2.75, 3.05) is 0 Å². The lowest BCUT2D eigenvalue weighted by atomic mass is 10.1. The van der Waals surface area contributed by atoms with Crippen LogP contribution in [-0.2, 0) is 12.5 Å². The van der Waals surface area contributed by atoms with E-state index in [9.17, 15) is 0 Å². The molecule has 1 aliphatic carbocycles. The summed E-state index contributed by atoms with van der Waals surface area (Å²) in [6, 6.07) is 0. The molecule has 0 unspecified atom stereocenters. The molecule has 11 heavy (non-hydrogen) atoms. The van der Waals surface area contributed by atoms with Gasteiger partial charge in [0.25, 0.3) is 0 Å². The normalized spacial score (nSPS) is 19.3. The third-order valence-corrected chi connectivity index (χ3v) is 2.28. The molecule has 2 nitrogen and oxygen atoms in total. The number of aromatic nitrogens is 2. The van der Waals surface area contributed by atoms with Gasteiger partial charge in [0.05, 0.1) is 5.41 Å². The number of terminal acetylenes is 1. The second-order valence-electron chi connectivity index (χ2n) is 3.09. The molecule has 0 amide bonds. The Balaban J connectivity index is 2.45. The fourth-order valence-corrected chi connectivity index (χ4v) is 1.38. The van der Waals surface area contributed by atoms with Crippen molar-refractivity contribution in [1.82, 2.24) is 9.55 Å². The van der Waals surface area contributed by atoms with Crippen molar-refractivity contribution in [3.8, 4) is 12.3 Å². The summed E-state index contributed by atoms with van der Waals surface area (Å²) in [6.07, 6.45) is 11.3. The van der Waals surface area contributed by atoms with Gasteiger partial charge >= 0.3 is 0 Å². The van der Waals surface area contributed by atoms with E-state index in [1.807, 2.05) is 17.8 Å². The lowest BCUT2D eigenvalue weighted by molar-refractivity contribution is 0.730. The highest BCUT2D eigenvalue weighted by Crippen LogP contribution is 2.46. The van der Waals surface area contributed by atoms with E-state index < -0.39 is 0 Å². The summed E-state index contributed by atoms with van der Waals surface area (Å²) < 4.78 is 2.01. The summed E-state index contributed by atoms with van der Waals surface area (Å²) in [6.45, 7) is 0. The molecule has 0 radical (unpaired) electrons. The molecule has 1 fully saturated rings. The van der Waals surface area contributed by atoms with Gasteiger partial charge in [-0.1, -0.05) is 5.92 Å². The summed E-state index contributed by atoms with van der Waals surface area (Å²) in [4.78, 5) is 4.24. The smallest absolute Gasteiger partial charge is 0.126 e. The van der Waals surface area contributed by atoms with E-state index in [1.165, 1.54) is 0 Å². The van der Waals surface area contributed by atoms with Crippen LogP contribution < -0.4 is 0 Å². The highest BCUT2D eigenvalue weighted by atomic mass is 15.1. The van der Waals surface area contributed by atoms with Crippen LogP contribution in [0.15, 0.2) is 12.4 Å². The SMILES string of the molecule is C#CC1(c2nccn2C)CC1. The van der Waals surface area contributed by atoms with Crippen LogP contribution in [0.2, 0.25) is 0 Å². The molecule has 1 aromatic rings. The molecule has 0 bridgehead atoms. The first kappa shape index (κ1) is 6.48. The Labute approximate surface area is 66.3 Å². The summed E-state index contributed by atoms with van der Waals surface area (Å²) in [5.74, 6) is 3.85. The summed E-state index contributed by atoms with van der Waals surface area (Å²) in [7, 11) is 1.99. The molecule has 0 spiro atoms. The zero-order valence-electron chi connectivity index (χ0n) is 6.54. The maximum Gasteiger partial charge on any atom is 0.126 e. The molecule has 0 saturated heterocycles. The van der Waals surface area contributed by atoms with Crippen molar-refractivity contribution in [3.63, 3.8) is 0 Å². The Morgan fingerprint density at radius 2 is 2.45 bits per heavy atom.